The maximum absolute atomic E-state index is 12.8. The highest BCUT2D eigenvalue weighted by atomic mass is 32.2. The van der Waals surface area contributed by atoms with E-state index >= 15 is 0 Å². The maximum atomic E-state index is 12.8. The number of hydrogen-bond acceptors (Lipinski definition) is 6. The number of amides is 1. The Labute approximate surface area is 172 Å². The lowest BCUT2D eigenvalue weighted by Gasteiger charge is -2.32. The van der Waals surface area contributed by atoms with Crippen LogP contribution in [0.25, 0.3) is 17.1 Å². The number of nitrogens with zero attached hydrogens (tertiary/aromatic N) is 4. The second kappa shape index (κ2) is 7.56. The smallest absolute Gasteiger partial charge is 0.243 e. The maximum Gasteiger partial charge on any atom is 0.243 e. The van der Waals surface area contributed by atoms with Crippen molar-refractivity contribution in [1.29, 1.82) is 0 Å². The van der Waals surface area contributed by atoms with Crippen LogP contribution in [0.15, 0.2) is 64.7 Å². The van der Waals surface area contributed by atoms with Crippen molar-refractivity contribution in [1.82, 2.24) is 14.9 Å². The van der Waals surface area contributed by atoms with Gasteiger partial charge in [-0.3, -0.25) is 9.59 Å². The minimum Gasteiger partial charge on any atom is -0.497 e. The van der Waals surface area contributed by atoms with E-state index in [1.165, 1.54) is 30.6 Å². The first kappa shape index (κ1) is 18.9. The average Bonchev–Trinajstić information content (AvgIpc) is 3.16. The van der Waals surface area contributed by atoms with Gasteiger partial charge in [0.05, 0.1) is 17.7 Å². The lowest BCUT2D eigenvalue weighted by atomic mass is 10.1. The van der Waals surface area contributed by atoms with Gasteiger partial charge in [0.25, 0.3) is 0 Å². The summed E-state index contributed by atoms with van der Waals surface area (Å²) in [4.78, 5) is 25.6. The zero-order valence-electron chi connectivity index (χ0n) is 16.1. The minimum absolute atomic E-state index is 0.139. The third-order valence-electron chi connectivity index (χ3n) is 4.45. The van der Waals surface area contributed by atoms with Crippen molar-refractivity contribution in [2.75, 3.05) is 12.1 Å². The topological polar surface area (TPSA) is 77.3 Å². The molecule has 0 aliphatic carbocycles. The summed E-state index contributed by atoms with van der Waals surface area (Å²) in [6.07, 6.45) is 0. The molecule has 2 aromatic carbocycles. The highest BCUT2D eigenvalue weighted by Crippen LogP contribution is 2.41. The Balaban J connectivity index is 1.93. The third-order valence-corrected chi connectivity index (χ3v) is 5.57. The Kier molecular flexibility index (Phi) is 4.94. The normalized spacial score (nSPS) is 13.3. The number of methoxy groups -OCH3 is 1. The number of fused-ring (bicyclic) bond motifs is 1. The molecule has 0 unspecified atom stereocenters. The predicted octanol–water partition coefficient (Wildman–Crippen LogP) is 3.50. The monoisotopic (exact) mass is 406 g/mol. The molecule has 2 heterocycles. The Morgan fingerprint density at radius 1 is 0.931 bits per heavy atom. The fourth-order valence-electron chi connectivity index (χ4n) is 3.15. The number of benzene rings is 2. The first-order valence-corrected chi connectivity index (χ1v) is 9.72. The molecule has 8 heteroatoms. The summed E-state index contributed by atoms with van der Waals surface area (Å²) in [6, 6.07) is 16.7. The Morgan fingerprint density at radius 3 is 2.21 bits per heavy atom. The summed E-state index contributed by atoms with van der Waals surface area (Å²) in [5.41, 5.74) is 2.06. The van der Waals surface area contributed by atoms with Crippen molar-refractivity contribution in [2.45, 2.75) is 19.0 Å². The van der Waals surface area contributed by atoms with E-state index in [4.69, 9.17) is 4.74 Å². The Morgan fingerprint density at radius 2 is 1.62 bits per heavy atom. The third kappa shape index (κ3) is 3.31. The lowest BCUT2D eigenvalue weighted by Crippen LogP contribution is -2.41. The van der Waals surface area contributed by atoms with Crippen molar-refractivity contribution in [2.24, 2.45) is 0 Å². The fourth-order valence-corrected chi connectivity index (χ4v) is 4.12. The van der Waals surface area contributed by atoms with Gasteiger partial charge in [0.15, 0.2) is 11.6 Å². The number of carbonyl (C=O) groups is 2. The second-order valence-electron chi connectivity index (χ2n) is 6.38. The molecule has 1 aliphatic heterocycles. The molecule has 0 spiro atoms. The number of hydrogen-bond donors (Lipinski definition) is 0. The van der Waals surface area contributed by atoms with E-state index in [1.807, 2.05) is 54.6 Å². The molecular weight excluding hydrogens is 388 g/mol. The molecule has 29 heavy (non-hydrogen) atoms. The highest BCUT2D eigenvalue weighted by Gasteiger charge is 2.35. The van der Waals surface area contributed by atoms with Crippen LogP contribution in [-0.4, -0.2) is 33.7 Å². The molecule has 0 fully saturated rings. The van der Waals surface area contributed by atoms with Crippen LogP contribution in [0.1, 0.15) is 19.4 Å². The first-order chi connectivity index (χ1) is 14.0. The largest absolute Gasteiger partial charge is 0.497 e. The minimum atomic E-state index is -0.251. The number of Topliss-reactive ketones (excluding diaryl/α,β-unsaturated/α-hetero) is 1. The lowest BCUT2D eigenvalue weighted by molar-refractivity contribution is -0.117. The zero-order valence-corrected chi connectivity index (χ0v) is 16.9. The van der Waals surface area contributed by atoms with E-state index in [1.54, 1.807) is 11.8 Å². The van der Waals surface area contributed by atoms with Crippen LogP contribution < -0.4 is 9.75 Å². The summed E-state index contributed by atoms with van der Waals surface area (Å²) >= 11 is 1.21. The Bertz CT molecular complexity index is 1120. The van der Waals surface area contributed by atoms with Crippen LogP contribution in [0.2, 0.25) is 0 Å². The molecule has 0 N–H and O–H groups in total. The average molecular weight is 406 g/mol. The molecule has 0 radical (unpaired) electrons. The van der Waals surface area contributed by atoms with Gasteiger partial charge in [0, 0.05) is 18.1 Å². The van der Waals surface area contributed by atoms with E-state index in [9.17, 15) is 9.59 Å². The molecule has 1 aliphatic rings. The highest BCUT2D eigenvalue weighted by molar-refractivity contribution is 8.04. The van der Waals surface area contributed by atoms with Gasteiger partial charge in [0.1, 0.15) is 5.75 Å². The number of ketones is 1. The number of rotatable bonds is 4. The van der Waals surface area contributed by atoms with Crippen LogP contribution in [0.5, 0.6) is 5.75 Å². The van der Waals surface area contributed by atoms with Gasteiger partial charge in [-0.05, 0) is 43.0 Å². The van der Waals surface area contributed by atoms with Gasteiger partial charge in [-0.25, -0.2) is 5.01 Å². The Hall–Kier alpha value is -3.39. The molecule has 1 aromatic heterocycles. The molecular formula is C21H18N4O3S. The van der Waals surface area contributed by atoms with Gasteiger partial charge < -0.3 is 4.74 Å². The van der Waals surface area contributed by atoms with Crippen molar-refractivity contribution in [3.63, 3.8) is 0 Å². The molecule has 4 rings (SSSR count). The number of carbonyl (C=O) groups excluding carboxylic acids is 2. The molecule has 1 amide bonds. The standard InChI is InChI=1S/C21H18N4O3S/c1-13(26)19-18(15-7-5-4-6-8-15)24(14(2)27)25-20(22-23-21(25)29-19)16-9-11-17(28-3)12-10-16/h4-12H,1-3H3. The second-order valence-corrected chi connectivity index (χ2v) is 7.36. The molecule has 0 saturated heterocycles. The summed E-state index contributed by atoms with van der Waals surface area (Å²) in [7, 11) is 1.60. The van der Waals surface area contributed by atoms with E-state index in [0.29, 0.717) is 27.3 Å². The molecule has 0 atom stereocenters. The quantitative estimate of drug-likeness (QED) is 0.660. The first-order valence-electron chi connectivity index (χ1n) is 8.90. The van der Waals surface area contributed by atoms with Crippen LogP contribution in [0.4, 0.5) is 0 Å². The molecule has 0 bridgehead atoms. The van der Waals surface area contributed by atoms with Crippen molar-refractivity contribution in [3.05, 3.63) is 65.1 Å². The molecule has 0 saturated carbocycles. The summed E-state index contributed by atoms with van der Waals surface area (Å²) in [5.74, 6) is 0.828. The number of ether oxygens (including phenoxy) is 1. The fraction of sp³-hybridized carbons (Fsp3) is 0.143. The van der Waals surface area contributed by atoms with Crippen LogP contribution in [-0.2, 0) is 9.59 Å². The SMILES string of the molecule is COc1ccc(-c2nnc3n2N(C(C)=O)C(c2ccccc2)=C(C(C)=O)S3)cc1. The zero-order chi connectivity index (χ0) is 20.5. The number of thioether (sulfide) groups is 1. The molecule has 3 aromatic rings. The van der Waals surface area contributed by atoms with Gasteiger partial charge in [0.2, 0.25) is 11.1 Å². The van der Waals surface area contributed by atoms with E-state index in [-0.39, 0.29) is 11.7 Å². The number of aromatic nitrogens is 3. The predicted molar refractivity (Wildman–Crippen MR) is 111 cm³/mol. The van der Waals surface area contributed by atoms with E-state index < -0.39 is 0 Å². The summed E-state index contributed by atoms with van der Waals surface area (Å²) < 4.78 is 6.87. The summed E-state index contributed by atoms with van der Waals surface area (Å²) in [6.45, 7) is 2.94. The van der Waals surface area contributed by atoms with E-state index in [0.717, 1.165) is 11.1 Å². The van der Waals surface area contributed by atoms with Gasteiger partial charge in [-0.15, -0.1) is 10.2 Å². The van der Waals surface area contributed by atoms with Crippen LogP contribution in [0.3, 0.4) is 0 Å². The van der Waals surface area contributed by atoms with Gasteiger partial charge >= 0.3 is 0 Å². The van der Waals surface area contributed by atoms with Crippen molar-refractivity contribution in [3.8, 4) is 17.1 Å². The van der Waals surface area contributed by atoms with Gasteiger partial charge in [-0.1, -0.05) is 30.3 Å². The van der Waals surface area contributed by atoms with Crippen LogP contribution >= 0.6 is 11.8 Å². The van der Waals surface area contributed by atoms with Gasteiger partial charge in [-0.2, -0.15) is 4.68 Å². The summed E-state index contributed by atoms with van der Waals surface area (Å²) in [5, 5.41) is 10.5. The van der Waals surface area contributed by atoms with Crippen LogP contribution in [0, 0.1) is 0 Å². The molecule has 7 nitrogen and oxygen atoms in total. The number of allylic oxidation sites excluding steroid dienone is 1. The van der Waals surface area contributed by atoms with Crippen molar-refractivity contribution >= 4 is 29.1 Å². The molecule has 146 valence electrons. The van der Waals surface area contributed by atoms with Crippen molar-refractivity contribution < 1.29 is 14.3 Å². The van der Waals surface area contributed by atoms with E-state index in [2.05, 4.69) is 10.2 Å².